The van der Waals surface area contributed by atoms with Gasteiger partial charge >= 0.3 is 0 Å². The van der Waals surface area contributed by atoms with Crippen molar-refractivity contribution in [2.45, 2.75) is 52.1 Å². The van der Waals surface area contributed by atoms with E-state index in [2.05, 4.69) is 67.8 Å². The van der Waals surface area contributed by atoms with E-state index in [1.807, 2.05) is 22.2 Å². The van der Waals surface area contributed by atoms with Gasteiger partial charge in [0, 0.05) is 23.4 Å². The van der Waals surface area contributed by atoms with Crippen LogP contribution in [0.1, 0.15) is 45.2 Å². The molecule has 0 saturated heterocycles. The first-order valence-electron chi connectivity index (χ1n) is 6.95. The second-order valence-corrected chi connectivity index (χ2v) is 7.74. The summed E-state index contributed by atoms with van der Waals surface area (Å²) in [6, 6.07) is 4.30. The lowest BCUT2D eigenvalue weighted by molar-refractivity contribution is 0.346. The van der Waals surface area contributed by atoms with Crippen LogP contribution >= 0.6 is 11.3 Å². The molecule has 0 aromatic carbocycles. The van der Waals surface area contributed by atoms with Crippen molar-refractivity contribution >= 4 is 11.3 Å². The van der Waals surface area contributed by atoms with Crippen molar-refractivity contribution < 1.29 is 0 Å². The van der Waals surface area contributed by atoms with Gasteiger partial charge in [-0.1, -0.05) is 25.1 Å². The van der Waals surface area contributed by atoms with Gasteiger partial charge in [-0.3, -0.25) is 0 Å². The molecule has 0 unspecified atom stereocenters. The summed E-state index contributed by atoms with van der Waals surface area (Å²) >= 11 is 1.81. The maximum atomic E-state index is 4.22. The van der Waals surface area contributed by atoms with Gasteiger partial charge in [-0.25, -0.2) is 4.68 Å². The van der Waals surface area contributed by atoms with Gasteiger partial charge in [-0.05, 0) is 32.2 Å². The van der Waals surface area contributed by atoms with Gasteiger partial charge in [0.25, 0.3) is 0 Å². The van der Waals surface area contributed by atoms with E-state index in [1.54, 1.807) is 0 Å². The third kappa shape index (κ3) is 3.67. The highest BCUT2D eigenvalue weighted by Gasteiger charge is 2.21. The Labute approximate surface area is 125 Å². The van der Waals surface area contributed by atoms with E-state index >= 15 is 0 Å². The van der Waals surface area contributed by atoms with Crippen molar-refractivity contribution in [2.75, 3.05) is 6.54 Å². The molecule has 0 saturated carbocycles. The topological polar surface area (TPSA) is 42.7 Å². The fourth-order valence-corrected chi connectivity index (χ4v) is 2.81. The molecule has 2 rings (SSSR count). The van der Waals surface area contributed by atoms with Crippen LogP contribution in [-0.4, -0.2) is 21.5 Å². The molecule has 2 heterocycles. The summed E-state index contributed by atoms with van der Waals surface area (Å²) in [6.07, 6.45) is 2.02. The van der Waals surface area contributed by atoms with E-state index in [0.717, 1.165) is 18.8 Å². The van der Waals surface area contributed by atoms with E-state index in [9.17, 15) is 0 Å². The Hall–Kier alpha value is -1.20. The highest BCUT2D eigenvalue weighted by molar-refractivity contribution is 7.10. The van der Waals surface area contributed by atoms with Crippen LogP contribution in [0.4, 0.5) is 0 Å². The molecule has 4 nitrogen and oxygen atoms in total. The normalized spacial score (nSPS) is 12.8. The molecule has 0 radical (unpaired) electrons. The Bertz CT molecular complexity index is 534. The molecule has 0 amide bonds. The van der Waals surface area contributed by atoms with E-state index in [4.69, 9.17) is 0 Å². The van der Waals surface area contributed by atoms with E-state index in [-0.39, 0.29) is 11.0 Å². The number of aromatic nitrogens is 3. The fraction of sp³-hybridized carbons (Fsp3) is 0.600. The SMILES string of the molecule is CC(C)(CNCc1cn(C(C)(C)C)nn1)c1cccs1. The van der Waals surface area contributed by atoms with E-state index in [1.165, 1.54) is 4.88 Å². The maximum Gasteiger partial charge on any atom is 0.0965 e. The van der Waals surface area contributed by atoms with Gasteiger partial charge in [0.15, 0.2) is 0 Å². The molecule has 0 bridgehead atoms. The lowest BCUT2D eigenvalue weighted by Crippen LogP contribution is -2.32. The van der Waals surface area contributed by atoms with Crippen molar-refractivity contribution in [2.24, 2.45) is 0 Å². The minimum atomic E-state index is -0.0124. The predicted molar refractivity (Wildman–Crippen MR) is 84.1 cm³/mol. The Kier molecular flexibility index (Phi) is 4.30. The average Bonchev–Trinajstić information content (AvgIpc) is 2.99. The van der Waals surface area contributed by atoms with Gasteiger partial charge in [-0.15, -0.1) is 16.4 Å². The highest BCUT2D eigenvalue weighted by atomic mass is 32.1. The van der Waals surface area contributed by atoms with Gasteiger partial charge in [0.05, 0.1) is 17.4 Å². The van der Waals surface area contributed by atoms with Gasteiger partial charge < -0.3 is 5.32 Å². The third-order valence-electron chi connectivity index (χ3n) is 3.29. The summed E-state index contributed by atoms with van der Waals surface area (Å²) in [6.45, 7) is 12.6. The molecule has 5 heteroatoms. The second kappa shape index (κ2) is 5.66. The second-order valence-electron chi connectivity index (χ2n) is 6.79. The molecule has 0 aliphatic heterocycles. The van der Waals surface area contributed by atoms with Crippen molar-refractivity contribution in [1.82, 2.24) is 20.3 Å². The summed E-state index contributed by atoms with van der Waals surface area (Å²) in [4.78, 5) is 1.41. The first-order valence-corrected chi connectivity index (χ1v) is 7.83. The Morgan fingerprint density at radius 3 is 2.55 bits per heavy atom. The van der Waals surface area contributed by atoms with Crippen molar-refractivity contribution in [3.8, 4) is 0 Å². The lowest BCUT2D eigenvalue weighted by Gasteiger charge is -2.23. The van der Waals surface area contributed by atoms with Crippen LogP contribution in [-0.2, 0) is 17.5 Å². The summed E-state index contributed by atoms with van der Waals surface area (Å²) in [5, 5.41) is 14.0. The minimum absolute atomic E-state index is 0.0124. The molecule has 20 heavy (non-hydrogen) atoms. The fourth-order valence-electron chi connectivity index (χ4n) is 1.96. The zero-order valence-electron chi connectivity index (χ0n) is 13.0. The molecule has 0 spiro atoms. The van der Waals surface area contributed by atoms with E-state index < -0.39 is 0 Å². The van der Waals surface area contributed by atoms with Crippen LogP contribution in [0.5, 0.6) is 0 Å². The van der Waals surface area contributed by atoms with Crippen molar-refractivity contribution in [3.05, 3.63) is 34.3 Å². The van der Waals surface area contributed by atoms with Crippen LogP contribution in [0.2, 0.25) is 0 Å². The summed E-state index contributed by atoms with van der Waals surface area (Å²) in [5.74, 6) is 0. The predicted octanol–water partition coefficient (Wildman–Crippen LogP) is 3.16. The van der Waals surface area contributed by atoms with Gasteiger partial charge in [0.2, 0.25) is 0 Å². The first kappa shape index (κ1) is 15.2. The summed E-state index contributed by atoms with van der Waals surface area (Å²) in [5.41, 5.74) is 1.12. The number of rotatable bonds is 5. The zero-order valence-corrected chi connectivity index (χ0v) is 13.8. The summed E-state index contributed by atoms with van der Waals surface area (Å²) < 4.78 is 1.91. The lowest BCUT2D eigenvalue weighted by atomic mass is 9.91. The third-order valence-corrected chi connectivity index (χ3v) is 4.53. The summed E-state index contributed by atoms with van der Waals surface area (Å²) in [7, 11) is 0. The van der Waals surface area contributed by atoms with Crippen molar-refractivity contribution in [1.29, 1.82) is 0 Å². The average molecular weight is 292 g/mol. The Morgan fingerprint density at radius 2 is 2.00 bits per heavy atom. The molecule has 1 N–H and O–H groups in total. The van der Waals surface area contributed by atoms with Crippen LogP contribution in [0.25, 0.3) is 0 Å². The molecule has 0 aliphatic carbocycles. The van der Waals surface area contributed by atoms with Crippen LogP contribution in [0.15, 0.2) is 23.7 Å². The number of hydrogen-bond acceptors (Lipinski definition) is 4. The smallest absolute Gasteiger partial charge is 0.0965 e. The number of thiophene rings is 1. The van der Waals surface area contributed by atoms with Gasteiger partial charge in [0.1, 0.15) is 0 Å². The molecule has 2 aromatic rings. The largest absolute Gasteiger partial charge is 0.310 e. The van der Waals surface area contributed by atoms with Crippen LogP contribution < -0.4 is 5.32 Å². The quantitative estimate of drug-likeness (QED) is 0.920. The maximum absolute atomic E-state index is 4.22. The molecule has 0 fully saturated rings. The molecular weight excluding hydrogens is 268 g/mol. The Balaban J connectivity index is 1.89. The monoisotopic (exact) mass is 292 g/mol. The molecule has 2 aromatic heterocycles. The van der Waals surface area contributed by atoms with Crippen LogP contribution in [0.3, 0.4) is 0 Å². The Morgan fingerprint density at radius 1 is 1.25 bits per heavy atom. The van der Waals surface area contributed by atoms with E-state index in [0.29, 0.717) is 0 Å². The van der Waals surface area contributed by atoms with Gasteiger partial charge in [-0.2, -0.15) is 0 Å². The molecule has 0 atom stereocenters. The number of hydrogen-bond donors (Lipinski definition) is 1. The standard InChI is InChI=1S/C15H24N4S/c1-14(2,3)19-10-12(17-18-19)9-16-11-15(4,5)13-7-6-8-20-13/h6-8,10,16H,9,11H2,1-5H3. The highest BCUT2D eigenvalue weighted by Crippen LogP contribution is 2.26. The molecule has 0 aliphatic rings. The first-order chi connectivity index (χ1) is 9.29. The van der Waals surface area contributed by atoms with Crippen LogP contribution in [0, 0.1) is 0 Å². The number of nitrogens with zero attached hydrogens (tertiary/aromatic N) is 3. The van der Waals surface area contributed by atoms with Crippen molar-refractivity contribution in [3.63, 3.8) is 0 Å². The molecular formula is C15H24N4S. The number of nitrogens with one attached hydrogen (secondary N) is 1. The zero-order chi connectivity index (χ0) is 14.8. The minimum Gasteiger partial charge on any atom is -0.310 e. The molecule has 110 valence electrons.